The van der Waals surface area contributed by atoms with E-state index in [1.165, 1.54) is 13.2 Å². The molecule has 0 atom stereocenters. The van der Waals surface area contributed by atoms with Gasteiger partial charge in [-0.3, -0.25) is 9.59 Å². The fourth-order valence-corrected chi connectivity index (χ4v) is 3.98. The number of carbonyl (C=O) groups is 2. The Morgan fingerprint density at radius 3 is 2.30 bits per heavy atom. The molecule has 1 fully saturated rings. The molecule has 0 radical (unpaired) electrons. The minimum absolute atomic E-state index is 0.0591. The number of likely N-dealkylation sites (tertiary alicyclic amines) is 1. The molecule has 142 valence electrons. The number of benzene rings is 2. The van der Waals surface area contributed by atoms with Gasteiger partial charge in [0, 0.05) is 13.1 Å². The van der Waals surface area contributed by atoms with Crippen LogP contribution in [0.15, 0.2) is 42.5 Å². The summed E-state index contributed by atoms with van der Waals surface area (Å²) in [4.78, 5) is 26.9. The zero-order chi connectivity index (χ0) is 19.6. The Hall–Kier alpha value is -2.11. The highest BCUT2D eigenvalue weighted by atomic mass is 35.5. The summed E-state index contributed by atoms with van der Waals surface area (Å²) in [6.45, 7) is 0.646. The minimum Gasteiger partial charge on any atom is -0.468 e. The number of carbonyl (C=O) groups excluding carboxylic acids is 2. The molecule has 1 aliphatic rings. The number of hydrogen-bond acceptors (Lipinski definition) is 3. The largest absolute Gasteiger partial charge is 0.468 e. The van der Waals surface area contributed by atoms with Gasteiger partial charge in [-0.25, -0.2) is 4.39 Å². The van der Waals surface area contributed by atoms with Gasteiger partial charge in [0.1, 0.15) is 5.82 Å². The molecule has 3 rings (SSSR count). The molecule has 4 nitrogen and oxygen atoms in total. The molecule has 2 aromatic carbocycles. The highest BCUT2D eigenvalue weighted by Gasteiger charge is 2.44. The first-order valence-electron chi connectivity index (χ1n) is 8.47. The van der Waals surface area contributed by atoms with Crippen molar-refractivity contribution >= 4 is 35.1 Å². The number of methoxy groups -OCH3 is 1. The van der Waals surface area contributed by atoms with Crippen molar-refractivity contribution in [2.24, 2.45) is 0 Å². The standard InChI is InChI=1S/C20H18Cl2FNO3/c1-27-19(26)20(13-5-3-2-4-6-13)7-9-24(10-8-20)18(25)14-11-17(23)16(22)12-15(14)21/h2-6,11-12H,7-10H2,1H3. The third-order valence-electron chi connectivity index (χ3n) is 5.05. The number of halogens is 3. The number of nitrogens with zero attached hydrogens (tertiary/aromatic N) is 1. The van der Waals surface area contributed by atoms with Gasteiger partial charge in [0.15, 0.2) is 0 Å². The summed E-state index contributed by atoms with van der Waals surface area (Å²) in [5.74, 6) is -1.41. The Morgan fingerprint density at radius 1 is 1.07 bits per heavy atom. The van der Waals surface area contributed by atoms with Crippen LogP contribution in [-0.2, 0) is 14.9 Å². The van der Waals surface area contributed by atoms with E-state index >= 15 is 0 Å². The Morgan fingerprint density at radius 2 is 1.70 bits per heavy atom. The minimum atomic E-state index is -0.804. The van der Waals surface area contributed by atoms with E-state index in [9.17, 15) is 14.0 Å². The molecule has 0 N–H and O–H groups in total. The molecule has 0 aliphatic carbocycles. The first-order valence-corrected chi connectivity index (χ1v) is 9.22. The predicted molar refractivity (Wildman–Crippen MR) is 102 cm³/mol. The second-order valence-corrected chi connectivity index (χ2v) is 7.29. The number of piperidine rings is 1. The second kappa shape index (κ2) is 7.87. The number of rotatable bonds is 3. The molecule has 1 aliphatic heterocycles. The third kappa shape index (κ3) is 3.66. The molecule has 2 aromatic rings. The summed E-state index contributed by atoms with van der Waals surface area (Å²) in [6.07, 6.45) is 0.812. The van der Waals surface area contributed by atoms with Crippen LogP contribution in [0, 0.1) is 5.82 Å². The monoisotopic (exact) mass is 409 g/mol. The molecule has 0 aromatic heterocycles. The molecular formula is C20H18Cl2FNO3. The summed E-state index contributed by atoms with van der Waals surface area (Å²) in [5, 5.41) is -0.0387. The van der Waals surface area contributed by atoms with Gasteiger partial charge in [-0.2, -0.15) is 0 Å². The number of hydrogen-bond donors (Lipinski definition) is 0. The highest BCUT2D eigenvalue weighted by molar-refractivity contribution is 6.36. The SMILES string of the molecule is COC(=O)C1(c2ccccc2)CCN(C(=O)c2cc(F)c(Cl)cc2Cl)CC1. The highest BCUT2D eigenvalue weighted by Crippen LogP contribution is 2.37. The van der Waals surface area contributed by atoms with Crippen LogP contribution in [0.5, 0.6) is 0 Å². The van der Waals surface area contributed by atoms with Crippen LogP contribution in [0.2, 0.25) is 10.0 Å². The number of esters is 1. The molecule has 0 spiro atoms. The lowest BCUT2D eigenvalue weighted by atomic mass is 9.72. The Balaban J connectivity index is 1.84. The Bertz CT molecular complexity index is 865. The van der Waals surface area contributed by atoms with Gasteiger partial charge in [0.25, 0.3) is 5.91 Å². The van der Waals surface area contributed by atoms with Crippen LogP contribution < -0.4 is 0 Å². The first kappa shape index (κ1) is 19.6. The lowest BCUT2D eigenvalue weighted by Crippen LogP contribution is -2.49. The maximum absolute atomic E-state index is 13.8. The average Bonchev–Trinajstić information content (AvgIpc) is 2.70. The van der Waals surface area contributed by atoms with Gasteiger partial charge in [-0.1, -0.05) is 53.5 Å². The summed E-state index contributed by atoms with van der Waals surface area (Å²) in [6, 6.07) is 11.7. The number of amides is 1. The molecule has 7 heteroatoms. The van der Waals surface area contributed by atoms with Crippen molar-refractivity contribution < 1.29 is 18.7 Å². The Labute approximate surface area is 166 Å². The van der Waals surface area contributed by atoms with Crippen LogP contribution in [-0.4, -0.2) is 37.0 Å². The van der Waals surface area contributed by atoms with Crippen LogP contribution in [0.3, 0.4) is 0 Å². The molecule has 0 bridgehead atoms. The average molecular weight is 410 g/mol. The maximum Gasteiger partial charge on any atom is 0.316 e. The lowest BCUT2D eigenvalue weighted by molar-refractivity contribution is -0.149. The normalized spacial score (nSPS) is 16.1. The molecule has 0 unspecified atom stereocenters. The molecule has 1 amide bonds. The van der Waals surface area contributed by atoms with E-state index in [0.29, 0.717) is 25.9 Å². The fraction of sp³-hybridized carbons (Fsp3) is 0.300. The van der Waals surface area contributed by atoms with E-state index in [-0.39, 0.29) is 27.5 Å². The third-order valence-corrected chi connectivity index (χ3v) is 5.65. The zero-order valence-corrected chi connectivity index (χ0v) is 16.2. The van der Waals surface area contributed by atoms with E-state index in [0.717, 1.165) is 11.6 Å². The van der Waals surface area contributed by atoms with Gasteiger partial charge in [0.05, 0.1) is 28.1 Å². The van der Waals surface area contributed by atoms with Crippen LogP contribution >= 0.6 is 23.2 Å². The smallest absolute Gasteiger partial charge is 0.316 e. The van der Waals surface area contributed by atoms with Gasteiger partial charge in [0.2, 0.25) is 0 Å². The predicted octanol–water partition coefficient (Wildman–Crippen LogP) is 4.48. The molecule has 1 saturated heterocycles. The maximum atomic E-state index is 13.8. The quantitative estimate of drug-likeness (QED) is 0.554. The van der Waals surface area contributed by atoms with Crippen molar-refractivity contribution in [2.45, 2.75) is 18.3 Å². The van der Waals surface area contributed by atoms with Crippen molar-refractivity contribution in [2.75, 3.05) is 20.2 Å². The van der Waals surface area contributed by atoms with Crippen molar-refractivity contribution in [1.29, 1.82) is 0 Å². The fourth-order valence-electron chi connectivity index (χ4n) is 3.51. The van der Waals surface area contributed by atoms with Crippen LogP contribution in [0.1, 0.15) is 28.8 Å². The van der Waals surface area contributed by atoms with E-state index in [1.54, 1.807) is 4.90 Å². The van der Waals surface area contributed by atoms with Crippen LogP contribution in [0.4, 0.5) is 4.39 Å². The molecule has 27 heavy (non-hydrogen) atoms. The van der Waals surface area contributed by atoms with Gasteiger partial charge in [-0.05, 0) is 30.5 Å². The van der Waals surface area contributed by atoms with Gasteiger partial charge in [-0.15, -0.1) is 0 Å². The second-order valence-electron chi connectivity index (χ2n) is 6.48. The van der Waals surface area contributed by atoms with Crippen molar-refractivity contribution in [3.8, 4) is 0 Å². The van der Waals surface area contributed by atoms with Crippen LogP contribution in [0.25, 0.3) is 0 Å². The summed E-state index contributed by atoms with van der Waals surface area (Å²) in [5.41, 5.74) is 0.116. The van der Waals surface area contributed by atoms with E-state index < -0.39 is 11.2 Å². The molecule has 1 heterocycles. The van der Waals surface area contributed by atoms with Gasteiger partial charge >= 0.3 is 5.97 Å². The van der Waals surface area contributed by atoms with E-state index in [4.69, 9.17) is 27.9 Å². The first-order chi connectivity index (χ1) is 12.9. The van der Waals surface area contributed by atoms with Gasteiger partial charge < -0.3 is 9.64 Å². The lowest BCUT2D eigenvalue weighted by Gasteiger charge is -2.40. The molecular weight excluding hydrogens is 392 g/mol. The number of ether oxygens (including phenoxy) is 1. The van der Waals surface area contributed by atoms with Crippen molar-refractivity contribution in [1.82, 2.24) is 4.90 Å². The van der Waals surface area contributed by atoms with E-state index in [2.05, 4.69) is 0 Å². The Kier molecular flexibility index (Phi) is 5.72. The topological polar surface area (TPSA) is 46.6 Å². The van der Waals surface area contributed by atoms with Crippen molar-refractivity contribution in [3.05, 3.63) is 69.5 Å². The summed E-state index contributed by atoms with van der Waals surface area (Å²) >= 11 is 11.8. The van der Waals surface area contributed by atoms with Crippen molar-refractivity contribution in [3.63, 3.8) is 0 Å². The molecule has 0 saturated carbocycles. The summed E-state index contributed by atoms with van der Waals surface area (Å²) in [7, 11) is 1.36. The zero-order valence-electron chi connectivity index (χ0n) is 14.7. The van der Waals surface area contributed by atoms with E-state index in [1.807, 2.05) is 30.3 Å². The summed E-state index contributed by atoms with van der Waals surface area (Å²) < 4.78 is 18.8.